The van der Waals surface area contributed by atoms with Crippen molar-refractivity contribution < 1.29 is 19.5 Å². The third kappa shape index (κ3) is 8.48. The lowest BCUT2D eigenvalue weighted by Gasteiger charge is -2.18. The van der Waals surface area contributed by atoms with Gasteiger partial charge in [0.15, 0.2) is 6.16 Å². The molecule has 0 heterocycles. The summed E-state index contributed by atoms with van der Waals surface area (Å²) in [5.74, 6) is 0.512. The van der Waals surface area contributed by atoms with Gasteiger partial charge in [0.05, 0.1) is 6.54 Å². The van der Waals surface area contributed by atoms with Crippen LogP contribution in [0.2, 0.25) is 0 Å². The SMILES string of the molecule is CC(CC[P+](=O)O)CC(C)CN(O)C=O. The third-order valence-corrected chi connectivity index (χ3v) is 2.88. The van der Waals surface area contributed by atoms with E-state index in [-0.39, 0.29) is 5.92 Å². The molecular formula is C9H19NO4P+. The Balaban J connectivity index is 3.70. The van der Waals surface area contributed by atoms with Crippen molar-refractivity contribution in [1.82, 2.24) is 5.06 Å². The first-order valence-electron chi connectivity index (χ1n) is 5.00. The molecule has 0 aromatic carbocycles. The number of hydroxylamine groups is 2. The highest BCUT2D eigenvalue weighted by molar-refractivity contribution is 7.37. The molecule has 0 bridgehead atoms. The van der Waals surface area contributed by atoms with Crippen LogP contribution in [0.3, 0.4) is 0 Å². The summed E-state index contributed by atoms with van der Waals surface area (Å²) in [5.41, 5.74) is 0. The van der Waals surface area contributed by atoms with E-state index in [1.807, 2.05) is 13.8 Å². The zero-order chi connectivity index (χ0) is 11.8. The largest absolute Gasteiger partial charge is 0.505 e. The smallest absolute Gasteiger partial charge is 0.286 e. The van der Waals surface area contributed by atoms with Crippen molar-refractivity contribution in [2.75, 3.05) is 12.7 Å². The summed E-state index contributed by atoms with van der Waals surface area (Å²) in [4.78, 5) is 18.8. The highest BCUT2D eigenvalue weighted by Crippen LogP contribution is 2.22. The van der Waals surface area contributed by atoms with Crippen molar-refractivity contribution in [3.63, 3.8) is 0 Å². The van der Waals surface area contributed by atoms with Gasteiger partial charge >= 0.3 is 8.03 Å². The predicted octanol–water partition coefficient (Wildman–Crippen LogP) is 1.62. The van der Waals surface area contributed by atoms with Crippen molar-refractivity contribution >= 4 is 14.4 Å². The third-order valence-electron chi connectivity index (χ3n) is 2.24. The zero-order valence-corrected chi connectivity index (χ0v) is 10.1. The molecule has 5 nitrogen and oxygen atoms in total. The molecule has 0 aromatic heterocycles. The Bertz CT molecular complexity index is 212. The van der Waals surface area contributed by atoms with Crippen molar-refractivity contribution in [2.24, 2.45) is 11.8 Å². The Morgan fingerprint density at radius 1 is 1.40 bits per heavy atom. The zero-order valence-electron chi connectivity index (χ0n) is 9.17. The van der Waals surface area contributed by atoms with E-state index in [9.17, 15) is 9.36 Å². The molecule has 3 atom stereocenters. The van der Waals surface area contributed by atoms with Gasteiger partial charge in [-0.15, -0.1) is 0 Å². The van der Waals surface area contributed by atoms with Gasteiger partial charge in [0.2, 0.25) is 6.41 Å². The average Bonchev–Trinajstić information content (AvgIpc) is 2.14. The summed E-state index contributed by atoms with van der Waals surface area (Å²) in [6, 6.07) is 0. The molecule has 0 fully saturated rings. The minimum atomic E-state index is -2.04. The van der Waals surface area contributed by atoms with E-state index in [2.05, 4.69) is 0 Å². The summed E-state index contributed by atoms with van der Waals surface area (Å²) in [7, 11) is -2.04. The molecular weight excluding hydrogens is 217 g/mol. The second kappa shape index (κ2) is 7.74. The van der Waals surface area contributed by atoms with Crippen LogP contribution in [0, 0.1) is 11.8 Å². The molecule has 15 heavy (non-hydrogen) atoms. The maximum atomic E-state index is 10.5. The lowest BCUT2D eigenvalue weighted by atomic mass is 9.95. The summed E-state index contributed by atoms with van der Waals surface area (Å²) in [6.07, 6.45) is 2.22. The predicted molar refractivity (Wildman–Crippen MR) is 56.8 cm³/mol. The molecule has 0 radical (unpaired) electrons. The van der Waals surface area contributed by atoms with E-state index in [1.165, 1.54) is 0 Å². The number of nitrogens with zero attached hydrogens (tertiary/aromatic N) is 1. The van der Waals surface area contributed by atoms with Crippen LogP contribution in [0.25, 0.3) is 0 Å². The van der Waals surface area contributed by atoms with Gasteiger partial charge in [-0.05, 0) is 29.2 Å². The Kier molecular flexibility index (Phi) is 7.48. The number of rotatable bonds is 8. The Morgan fingerprint density at radius 2 is 2.00 bits per heavy atom. The monoisotopic (exact) mass is 236 g/mol. The molecule has 6 heteroatoms. The second-order valence-electron chi connectivity index (χ2n) is 4.04. The fraction of sp³-hybridized carbons (Fsp3) is 0.889. The number of hydrogen-bond donors (Lipinski definition) is 2. The van der Waals surface area contributed by atoms with Crippen LogP contribution in [0.5, 0.6) is 0 Å². The minimum Gasteiger partial charge on any atom is -0.286 e. The van der Waals surface area contributed by atoms with E-state index < -0.39 is 8.03 Å². The molecule has 88 valence electrons. The van der Waals surface area contributed by atoms with Crippen LogP contribution in [0.15, 0.2) is 0 Å². The van der Waals surface area contributed by atoms with Crippen LogP contribution in [-0.2, 0) is 9.36 Å². The maximum absolute atomic E-state index is 10.5. The second-order valence-corrected chi connectivity index (χ2v) is 5.19. The van der Waals surface area contributed by atoms with Crippen molar-refractivity contribution in [3.05, 3.63) is 0 Å². The Hall–Kier alpha value is -0.510. The normalized spacial score (nSPS) is 15.6. The van der Waals surface area contributed by atoms with Crippen LogP contribution >= 0.6 is 8.03 Å². The minimum absolute atomic E-state index is 0.187. The van der Waals surface area contributed by atoms with Crippen LogP contribution in [0.4, 0.5) is 0 Å². The van der Waals surface area contributed by atoms with Crippen LogP contribution < -0.4 is 0 Å². The fourth-order valence-electron chi connectivity index (χ4n) is 1.57. The molecule has 0 saturated heterocycles. The number of hydrogen-bond acceptors (Lipinski definition) is 3. The Labute approximate surface area is 90.9 Å². The molecule has 0 aromatic rings. The molecule has 0 rings (SSSR count). The first-order chi connectivity index (χ1) is 6.95. The van der Waals surface area contributed by atoms with Crippen LogP contribution in [-0.4, -0.2) is 34.3 Å². The van der Waals surface area contributed by atoms with Gasteiger partial charge in [-0.25, -0.2) is 5.06 Å². The van der Waals surface area contributed by atoms with E-state index >= 15 is 0 Å². The molecule has 3 unspecified atom stereocenters. The molecule has 0 aliphatic rings. The summed E-state index contributed by atoms with van der Waals surface area (Å²) in [6.45, 7) is 4.24. The number of amides is 1. The van der Waals surface area contributed by atoms with Gasteiger partial charge in [0.1, 0.15) is 0 Å². The average molecular weight is 236 g/mol. The molecule has 1 amide bonds. The van der Waals surface area contributed by atoms with E-state index in [1.54, 1.807) is 0 Å². The summed E-state index contributed by atoms with van der Waals surface area (Å²) >= 11 is 0. The summed E-state index contributed by atoms with van der Waals surface area (Å²) in [5, 5.41) is 9.57. The first kappa shape index (κ1) is 14.5. The molecule has 0 aliphatic heterocycles. The lowest BCUT2D eigenvalue weighted by Crippen LogP contribution is -2.24. The first-order valence-corrected chi connectivity index (χ1v) is 6.39. The van der Waals surface area contributed by atoms with Gasteiger partial charge < -0.3 is 0 Å². The van der Waals surface area contributed by atoms with Gasteiger partial charge in [0.25, 0.3) is 0 Å². The summed E-state index contributed by atoms with van der Waals surface area (Å²) < 4.78 is 10.5. The number of carbonyl (C=O) groups is 1. The topological polar surface area (TPSA) is 77.8 Å². The van der Waals surface area contributed by atoms with Gasteiger partial charge in [-0.3, -0.25) is 10.0 Å². The molecule has 0 spiro atoms. The van der Waals surface area contributed by atoms with Crippen LogP contribution in [0.1, 0.15) is 26.7 Å². The lowest BCUT2D eigenvalue weighted by molar-refractivity contribution is -0.152. The standard InChI is InChI=1S/C9H18NO4P/c1-8(3-4-15(13)14)5-9(2)6-10(12)7-11/h7-9,12H,3-6H2,1-2H3/p+1. The van der Waals surface area contributed by atoms with E-state index in [0.717, 1.165) is 6.42 Å². The Morgan fingerprint density at radius 3 is 2.47 bits per heavy atom. The van der Waals surface area contributed by atoms with Gasteiger partial charge in [0, 0.05) is 0 Å². The highest BCUT2D eigenvalue weighted by atomic mass is 31.1. The molecule has 0 saturated carbocycles. The quantitative estimate of drug-likeness (QED) is 0.290. The van der Waals surface area contributed by atoms with E-state index in [4.69, 9.17) is 10.1 Å². The van der Waals surface area contributed by atoms with Crippen molar-refractivity contribution in [3.8, 4) is 0 Å². The number of carbonyl (C=O) groups excluding carboxylic acids is 1. The highest BCUT2D eigenvalue weighted by Gasteiger charge is 2.16. The van der Waals surface area contributed by atoms with E-state index in [0.29, 0.717) is 36.5 Å². The fourth-order valence-corrected chi connectivity index (χ4v) is 2.23. The molecule has 2 N–H and O–H groups in total. The van der Waals surface area contributed by atoms with Gasteiger partial charge in [-0.2, -0.15) is 4.89 Å². The van der Waals surface area contributed by atoms with Crippen molar-refractivity contribution in [2.45, 2.75) is 26.7 Å². The van der Waals surface area contributed by atoms with Crippen molar-refractivity contribution in [1.29, 1.82) is 0 Å². The molecule has 0 aliphatic carbocycles. The maximum Gasteiger partial charge on any atom is 0.505 e. The van der Waals surface area contributed by atoms with Gasteiger partial charge in [-0.1, -0.05) is 13.8 Å².